The van der Waals surface area contributed by atoms with Crippen molar-refractivity contribution in [1.82, 2.24) is 0 Å². The molecule has 1 aromatic rings. The first-order valence-corrected chi connectivity index (χ1v) is 4.15. The van der Waals surface area contributed by atoms with E-state index in [1.54, 1.807) is 12.1 Å². The topological polar surface area (TPSA) is 60.2 Å². The Bertz CT molecular complexity index is 304. The quantitative estimate of drug-likeness (QED) is 0.628. The first kappa shape index (κ1) is 7.24. The van der Waals surface area contributed by atoms with Crippen LogP contribution < -0.4 is 5.14 Å². The van der Waals surface area contributed by atoms with Gasteiger partial charge in [0.1, 0.15) is 0 Å². The van der Waals surface area contributed by atoms with Gasteiger partial charge in [0.15, 0.2) is 0 Å². The molecule has 0 heterocycles. The molecule has 10 heavy (non-hydrogen) atoms. The van der Waals surface area contributed by atoms with E-state index in [9.17, 15) is 8.42 Å². The molecule has 1 rings (SSSR count). The van der Waals surface area contributed by atoms with Crippen LogP contribution in [0.1, 0.15) is 0 Å². The highest BCUT2D eigenvalue weighted by atomic mass is 32.2. The average Bonchev–Trinajstić information content (AvgIpc) is 1.88. The van der Waals surface area contributed by atoms with Gasteiger partial charge in [0, 0.05) is 6.07 Å². The van der Waals surface area contributed by atoms with E-state index in [0.717, 1.165) is 0 Å². The minimum absolute atomic E-state index is 0.0231. The van der Waals surface area contributed by atoms with E-state index in [4.69, 9.17) is 5.14 Å². The second-order valence-corrected chi connectivity index (χ2v) is 3.30. The van der Waals surface area contributed by atoms with Gasteiger partial charge in [-0.05, 0) is 6.07 Å². The van der Waals surface area contributed by atoms with Crippen molar-refractivity contribution in [2.45, 2.75) is 4.90 Å². The van der Waals surface area contributed by atoms with E-state index >= 15 is 0 Å². The zero-order valence-corrected chi connectivity index (χ0v) is 5.93. The fourth-order valence-electron chi connectivity index (χ4n) is 0.554. The number of primary sulfonamides is 1. The van der Waals surface area contributed by atoms with Crippen molar-refractivity contribution in [2.24, 2.45) is 5.14 Å². The van der Waals surface area contributed by atoms with Crippen LogP contribution in [0.25, 0.3) is 0 Å². The minimum atomic E-state index is -3.56. The van der Waals surface area contributed by atoms with E-state index < -0.39 is 10.0 Å². The molecule has 3 nitrogen and oxygen atoms in total. The summed E-state index contributed by atoms with van der Waals surface area (Å²) in [7, 11) is -3.56. The molecular weight excluding hydrogens is 150 g/mol. The average molecular weight is 156 g/mol. The summed E-state index contributed by atoms with van der Waals surface area (Å²) >= 11 is 0. The van der Waals surface area contributed by atoms with Crippen LogP contribution in [0.4, 0.5) is 0 Å². The summed E-state index contributed by atoms with van der Waals surface area (Å²) in [4.78, 5) is 0.0231. The largest absolute Gasteiger partial charge is 0.238 e. The van der Waals surface area contributed by atoms with Gasteiger partial charge in [0.2, 0.25) is 10.0 Å². The first-order valence-electron chi connectivity index (χ1n) is 2.60. The normalized spacial score (nSPS) is 11.3. The van der Waals surface area contributed by atoms with Gasteiger partial charge in [-0.15, -0.1) is 0 Å². The van der Waals surface area contributed by atoms with Crippen LogP contribution in [0, 0.1) is 6.07 Å². The van der Waals surface area contributed by atoms with Gasteiger partial charge in [-0.2, -0.15) is 0 Å². The summed E-state index contributed by atoms with van der Waals surface area (Å²) in [6.45, 7) is 0. The molecule has 0 unspecified atom stereocenters. The summed E-state index contributed by atoms with van der Waals surface area (Å²) in [6.07, 6.45) is 0. The number of hydrogen-bond acceptors (Lipinski definition) is 2. The number of rotatable bonds is 1. The Hall–Kier alpha value is -0.870. The monoisotopic (exact) mass is 156 g/mol. The van der Waals surface area contributed by atoms with Crippen LogP contribution in [-0.2, 0) is 10.0 Å². The van der Waals surface area contributed by atoms with Crippen molar-refractivity contribution in [1.29, 1.82) is 0 Å². The lowest BCUT2D eigenvalue weighted by Gasteiger charge is -1.92. The number of benzene rings is 1. The van der Waals surface area contributed by atoms with Crippen LogP contribution in [0.5, 0.6) is 0 Å². The Kier molecular flexibility index (Phi) is 1.74. The zero-order valence-electron chi connectivity index (χ0n) is 5.11. The predicted octanol–water partition coefficient (Wildman–Crippen LogP) is 0.134. The van der Waals surface area contributed by atoms with Gasteiger partial charge >= 0.3 is 0 Å². The molecule has 4 heteroatoms. The molecule has 0 fully saturated rings. The van der Waals surface area contributed by atoms with E-state index in [-0.39, 0.29) is 4.90 Å². The standard InChI is InChI=1S/C6H6NO2S/c7-10(8,9)6-4-2-1-3-5-6/h1-4H,(H2,7,8,9). The zero-order chi connectivity index (χ0) is 7.61. The third kappa shape index (κ3) is 1.55. The third-order valence-electron chi connectivity index (χ3n) is 0.987. The molecule has 0 amide bonds. The summed E-state index contributed by atoms with van der Waals surface area (Å²) in [5, 5.41) is 4.80. The van der Waals surface area contributed by atoms with Crippen LogP contribution in [0.3, 0.4) is 0 Å². The molecule has 0 aromatic heterocycles. The highest BCUT2D eigenvalue weighted by molar-refractivity contribution is 7.89. The van der Waals surface area contributed by atoms with Gasteiger partial charge in [-0.1, -0.05) is 18.2 Å². The molecule has 2 N–H and O–H groups in total. The molecule has 0 aliphatic carbocycles. The van der Waals surface area contributed by atoms with Gasteiger partial charge in [0.25, 0.3) is 0 Å². The number of nitrogens with two attached hydrogens (primary N) is 1. The number of hydrogen-bond donors (Lipinski definition) is 1. The molecule has 0 aliphatic rings. The van der Waals surface area contributed by atoms with Crippen LogP contribution in [0.2, 0.25) is 0 Å². The third-order valence-corrected chi connectivity index (χ3v) is 1.85. The Morgan fingerprint density at radius 1 is 1.40 bits per heavy atom. The molecule has 0 atom stereocenters. The van der Waals surface area contributed by atoms with E-state index in [2.05, 4.69) is 6.07 Å². The SMILES string of the molecule is NS(=O)(=O)c1[c]cccc1. The second kappa shape index (κ2) is 2.40. The van der Waals surface area contributed by atoms with Gasteiger partial charge in [0.05, 0.1) is 4.90 Å². The highest BCUT2D eigenvalue weighted by Gasteiger charge is 2.04. The summed E-state index contributed by atoms with van der Waals surface area (Å²) in [6, 6.07) is 8.66. The molecular formula is C6H6NO2S. The lowest BCUT2D eigenvalue weighted by Crippen LogP contribution is -2.11. The lowest BCUT2D eigenvalue weighted by molar-refractivity contribution is 0.597. The lowest BCUT2D eigenvalue weighted by atomic mass is 10.4. The minimum Gasteiger partial charge on any atom is -0.225 e. The van der Waals surface area contributed by atoms with E-state index in [1.807, 2.05) is 0 Å². The Morgan fingerprint density at radius 2 is 2.10 bits per heavy atom. The van der Waals surface area contributed by atoms with Gasteiger partial charge in [-0.25, -0.2) is 13.6 Å². The maximum absolute atomic E-state index is 10.6. The van der Waals surface area contributed by atoms with Crippen molar-refractivity contribution in [3.05, 3.63) is 30.3 Å². The molecule has 0 saturated heterocycles. The maximum Gasteiger partial charge on any atom is 0.238 e. The van der Waals surface area contributed by atoms with Crippen LogP contribution in [0.15, 0.2) is 29.2 Å². The highest BCUT2D eigenvalue weighted by Crippen LogP contribution is 2.02. The summed E-state index contributed by atoms with van der Waals surface area (Å²) in [5.41, 5.74) is 0. The molecule has 1 radical (unpaired) electrons. The van der Waals surface area contributed by atoms with E-state index in [1.165, 1.54) is 12.1 Å². The summed E-state index contributed by atoms with van der Waals surface area (Å²) in [5.74, 6) is 0. The van der Waals surface area contributed by atoms with Crippen molar-refractivity contribution >= 4 is 10.0 Å². The van der Waals surface area contributed by atoms with Crippen LogP contribution >= 0.6 is 0 Å². The molecule has 53 valence electrons. The van der Waals surface area contributed by atoms with Crippen molar-refractivity contribution in [3.8, 4) is 0 Å². The van der Waals surface area contributed by atoms with Crippen molar-refractivity contribution < 1.29 is 8.42 Å². The molecule has 0 bridgehead atoms. The fourth-order valence-corrected chi connectivity index (χ4v) is 1.05. The Labute approximate surface area is 59.5 Å². The molecule has 0 spiro atoms. The van der Waals surface area contributed by atoms with Crippen LogP contribution in [-0.4, -0.2) is 8.42 Å². The van der Waals surface area contributed by atoms with Crippen molar-refractivity contribution in [2.75, 3.05) is 0 Å². The second-order valence-electron chi connectivity index (χ2n) is 1.77. The Balaban J connectivity index is 3.22. The van der Waals surface area contributed by atoms with Crippen molar-refractivity contribution in [3.63, 3.8) is 0 Å². The van der Waals surface area contributed by atoms with Gasteiger partial charge < -0.3 is 0 Å². The maximum atomic E-state index is 10.6. The molecule has 0 saturated carbocycles. The Morgan fingerprint density at radius 3 is 2.40 bits per heavy atom. The van der Waals surface area contributed by atoms with Gasteiger partial charge in [-0.3, -0.25) is 0 Å². The number of sulfonamides is 1. The van der Waals surface area contributed by atoms with E-state index in [0.29, 0.717) is 0 Å². The molecule has 1 aromatic carbocycles. The molecule has 0 aliphatic heterocycles. The first-order chi connectivity index (χ1) is 4.61. The fraction of sp³-hybridized carbons (Fsp3) is 0. The predicted molar refractivity (Wildman–Crippen MR) is 36.7 cm³/mol. The summed E-state index contributed by atoms with van der Waals surface area (Å²) < 4.78 is 21.2. The smallest absolute Gasteiger partial charge is 0.225 e.